The first-order chi connectivity index (χ1) is 12.6. The summed E-state index contributed by atoms with van der Waals surface area (Å²) in [5.74, 6) is -0.406. The molecule has 0 unspecified atom stereocenters. The fourth-order valence-corrected chi connectivity index (χ4v) is 3.38. The molecule has 0 amide bonds. The second-order valence-corrected chi connectivity index (χ2v) is 6.65. The summed E-state index contributed by atoms with van der Waals surface area (Å²) in [5.41, 5.74) is 2.50. The Hall–Kier alpha value is -2.83. The van der Waals surface area contributed by atoms with Gasteiger partial charge in [-0.05, 0) is 47.3 Å². The van der Waals surface area contributed by atoms with E-state index in [-0.39, 0.29) is 11.7 Å². The first-order valence-corrected chi connectivity index (χ1v) is 8.55. The summed E-state index contributed by atoms with van der Waals surface area (Å²) in [6.45, 7) is 1.90. The number of nitrogens with one attached hydrogen (secondary N) is 1. The highest BCUT2D eigenvalue weighted by molar-refractivity contribution is 5.87. The first-order valence-electron chi connectivity index (χ1n) is 8.55. The number of benzene rings is 2. The zero-order chi connectivity index (χ0) is 18.1. The molecule has 1 aromatic heterocycles. The number of carbonyl (C=O) groups is 1. The highest BCUT2D eigenvalue weighted by Gasteiger charge is 2.33. The summed E-state index contributed by atoms with van der Waals surface area (Å²) in [6, 6.07) is 14.6. The number of ether oxygens (including phenoxy) is 1. The van der Waals surface area contributed by atoms with Gasteiger partial charge in [-0.3, -0.25) is 4.90 Å². The van der Waals surface area contributed by atoms with Crippen LogP contribution in [0.3, 0.4) is 0 Å². The van der Waals surface area contributed by atoms with Gasteiger partial charge in [0, 0.05) is 31.3 Å². The Morgan fingerprint density at radius 1 is 1.15 bits per heavy atom. The van der Waals surface area contributed by atoms with Gasteiger partial charge in [0.1, 0.15) is 18.0 Å². The second kappa shape index (κ2) is 6.82. The van der Waals surface area contributed by atoms with E-state index in [2.05, 4.69) is 28.1 Å². The number of carboxylic acid groups (broad SMARTS) is 1. The molecule has 3 aromatic rings. The van der Waals surface area contributed by atoms with Crippen LogP contribution >= 0.6 is 0 Å². The van der Waals surface area contributed by atoms with Gasteiger partial charge in [-0.2, -0.15) is 0 Å². The van der Waals surface area contributed by atoms with Crippen molar-refractivity contribution < 1.29 is 19.7 Å². The summed E-state index contributed by atoms with van der Waals surface area (Å²) in [7, 11) is 0. The van der Waals surface area contributed by atoms with Gasteiger partial charge in [0.05, 0.1) is 5.56 Å². The van der Waals surface area contributed by atoms with Crippen LogP contribution in [0.4, 0.5) is 0 Å². The lowest BCUT2D eigenvalue weighted by atomic mass is 10.1. The zero-order valence-electron chi connectivity index (χ0n) is 14.1. The molecule has 1 aliphatic heterocycles. The van der Waals surface area contributed by atoms with E-state index in [1.54, 1.807) is 12.1 Å². The average molecular weight is 352 g/mol. The number of aromatic amines is 1. The highest BCUT2D eigenvalue weighted by atomic mass is 16.5. The van der Waals surface area contributed by atoms with Crippen molar-refractivity contribution in [3.05, 3.63) is 65.9 Å². The van der Waals surface area contributed by atoms with E-state index in [0.717, 1.165) is 12.1 Å². The Balaban J connectivity index is 1.39. The number of aromatic carboxylic acids is 1. The number of rotatable bonds is 5. The Labute approximate surface area is 150 Å². The quantitative estimate of drug-likeness (QED) is 0.657. The van der Waals surface area contributed by atoms with E-state index in [1.165, 1.54) is 23.1 Å². The van der Waals surface area contributed by atoms with E-state index in [4.69, 9.17) is 9.84 Å². The van der Waals surface area contributed by atoms with Crippen LogP contribution in [-0.2, 0) is 6.54 Å². The summed E-state index contributed by atoms with van der Waals surface area (Å²) in [4.78, 5) is 16.3. The molecule has 1 fully saturated rings. The molecule has 2 heterocycles. The van der Waals surface area contributed by atoms with E-state index in [9.17, 15) is 9.90 Å². The predicted molar refractivity (Wildman–Crippen MR) is 97.4 cm³/mol. The van der Waals surface area contributed by atoms with Crippen molar-refractivity contribution in [3.63, 3.8) is 0 Å². The van der Waals surface area contributed by atoms with Gasteiger partial charge in [-0.1, -0.05) is 12.1 Å². The summed E-state index contributed by atoms with van der Waals surface area (Å²) >= 11 is 0. The Kier molecular flexibility index (Phi) is 4.36. The number of aliphatic hydroxyl groups excluding tert-OH is 1. The molecule has 0 bridgehead atoms. The molecule has 0 radical (unpaired) electrons. The molecule has 6 nitrogen and oxygen atoms in total. The maximum absolute atomic E-state index is 10.9. The highest BCUT2D eigenvalue weighted by Crippen LogP contribution is 2.22. The zero-order valence-corrected chi connectivity index (χ0v) is 14.1. The molecule has 6 heteroatoms. The van der Waals surface area contributed by atoms with Crippen LogP contribution < -0.4 is 4.74 Å². The van der Waals surface area contributed by atoms with Gasteiger partial charge in [0.15, 0.2) is 0 Å². The number of aromatic nitrogens is 1. The largest absolute Gasteiger partial charge is 0.486 e. The molecule has 134 valence electrons. The van der Waals surface area contributed by atoms with Gasteiger partial charge in [-0.25, -0.2) is 4.79 Å². The SMILES string of the molecule is O=C(O)c1ccc(O[C@@H]2CN(Cc3ccc4cc[nH]c4c3)C[C@H]2O)cc1. The van der Waals surface area contributed by atoms with Gasteiger partial charge < -0.3 is 19.9 Å². The summed E-state index contributed by atoms with van der Waals surface area (Å²) < 4.78 is 5.86. The molecule has 0 spiro atoms. The molecule has 4 rings (SSSR count). The van der Waals surface area contributed by atoms with Gasteiger partial charge in [0.25, 0.3) is 0 Å². The minimum Gasteiger partial charge on any atom is -0.486 e. The van der Waals surface area contributed by atoms with E-state index in [0.29, 0.717) is 18.8 Å². The van der Waals surface area contributed by atoms with Crippen molar-refractivity contribution in [1.29, 1.82) is 0 Å². The minimum atomic E-state index is -0.970. The maximum Gasteiger partial charge on any atom is 0.335 e. The summed E-state index contributed by atoms with van der Waals surface area (Å²) in [6.07, 6.45) is 1.01. The van der Waals surface area contributed by atoms with Crippen LogP contribution in [0.15, 0.2) is 54.7 Å². The Bertz CT molecular complexity index is 919. The molecule has 2 aromatic carbocycles. The molecule has 0 saturated carbocycles. The van der Waals surface area contributed by atoms with E-state index < -0.39 is 12.1 Å². The van der Waals surface area contributed by atoms with Crippen molar-refractivity contribution in [3.8, 4) is 5.75 Å². The smallest absolute Gasteiger partial charge is 0.335 e. The summed E-state index contributed by atoms with van der Waals surface area (Å²) in [5, 5.41) is 20.4. The number of nitrogens with zero attached hydrogens (tertiary/aromatic N) is 1. The lowest BCUT2D eigenvalue weighted by Gasteiger charge is -2.17. The molecular formula is C20H20N2O4. The van der Waals surface area contributed by atoms with Crippen molar-refractivity contribution in [1.82, 2.24) is 9.88 Å². The molecule has 0 aliphatic carbocycles. The topological polar surface area (TPSA) is 85.8 Å². The van der Waals surface area contributed by atoms with Crippen LogP contribution in [0, 0.1) is 0 Å². The lowest BCUT2D eigenvalue weighted by molar-refractivity contribution is 0.0693. The third-order valence-corrected chi connectivity index (χ3v) is 4.73. The molecular weight excluding hydrogens is 332 g/mol. The number of aliphatic hydroxyl groups is 1. The van der Waals surface area contributed by atoms with Crippen molar-refractivity contribution in [2.75, 3.05) is 13.1 Å². The number of H-pyrrole nitrogens is 1. The number of carboxylic acids is 1. The molecule has 26 heavy (non-hydrogen) atoms. The van der Waals surface area contributed by atoms with E-state index >= 15 is 0 Å². The lowest BCUT2D eigenvalue weighted by Crippen LogP contribution is -2.29. The molecule has 2 atom stereocenters. The third-order valence-electron chi connectivity index (χ3n) is 4.73. The third kappa shape index (κ3) is 3.42. The van der Waals surface area contributed by atoms with Crippen molar-refractivity contribution >= 4 is 16.9 Å². The fourth-order valence-electron chi connectivity index (χ4n) is 3.38. The number of hydrogen-bond donors (Lipinski definition) is 3. The normalized spacial score (nSPS) is 20.5. The number of β-amino-alcohol motifs (C(OH)–C–C–N with tert-alkyl or cyclic N) is 1. The Morgan fingerprint density at radius 3 is 2.73 bits per heavy atom. The first kappa shape index (κ1) is 16.6. The van der Waals surface area contributed by atoms with Gasteiger partial charge in [0.2, 0.25) is 0 Å². The van der Waals surface area contributed by atoms with Crippen molar-refractivity contribution in [2.45, 2.75) is 18.8 Å². The van der Waals surface area contributed by atoms with Gasteiger partial charge >= 0.3 is 5.97 Å². The number of fused-ring (bicyclic) bond motifs is 1. The average Bonchev–Trinajstić information content (AvgIpc) is 3.22. The monoisotopic (exact) mass is 352 g/mol. The van der Waals surface area contributed by atoms with Gasteiger partial charge in [-0.15, -0.1) is 0 Å². The Morgan fingerprint density at radius 2 is 1.96 bits per heavy atom. The number of hydrogen-bond acceptors (Lipinski definition) is 4. The van der Waals surface area contributed by atoms with E-state index in [1.807, 2.05) is 12.3 Å². The van der Waals surface area contributed by atoms with Crippen LogP contribution in [0.5, 0.6) is 5.75 Å². The van der Waals surface area contributed by atoms with Crippen molar-refractivity contribution in [2.24, 2.45) is 0 Å². The van der Waals surface area contributed by atoms with Crippen LogP contribution in [0.1, 0.15) is 15.9 Å². The standard InChI is InChI=1S/C20H20N2O4/c23-18-11-22(10-13-1-2-14-7-8-21-17(14)9-13)12-19(18)26-16-5-3-15(4-6-16)20(24)25/h1-9,18-19,21,23H,10-12H2,(H,24,25)/t18-,19-/m1/s1. The van der Waals surface area contributed by atoms with Crippen LogP contribution in [-0.4, -0.2) is 51.4 Å². The number of likely N-dealkylation sites (tertiary alicyclic amines) is 1. The predicted octanol–water partition coefficient (Wildman–Crippen LogP) is 2.49. The second-order valence-electron chi connectivity index (χ2n) is 6.65. The van der Waals surface area contributed by atoms with Crippen LogP contribution in [0.25, 0.3) is 10.9 Å². The minimum absolute atomic E-state index is 0.214. The molecule has 1 saturated heterocycles. The molecule has 3 N–H and O–H groups in total. The molecule has 1 aliphatic rings. The van der Waals surface area contributed by atoms with Crippen LogP contribution in [0.2, 0.25) is 0 Å². The fraction of sp³-hybridized carbons (Fsp3) is 0.250. The maximum atomic E-state index is 10.9.